The van der Waals surface area contributed by atoms with E-state index in [2.05, 4.69) is 13.8 Å². The highest BCUT2D eigenvalue weighted by molar-refractivity contribution is 5.85. The molecule has 0 unspecified atom stereocenters. The third-order valence-electron chi connectivity index (χ3n) is 8.12. The first-order valence-electron chi connectivity index (χ1n) is 17.3. The van der Waals surface area contributed by atoms with Crippen LogP contribution in [-0.4, -0.2) is 22.2 Å². The summed E-state index contributed by atoms with van der Waals surface area (Å²) in [7, 11) is 0. The highest BCUT2D eigenvalue weighted by Crippen LogP contribution is 2.28. The summed E-state index contributed by atoms with van der Waals surface area (Å²) in [5.74, 6) is -2.15. The number of carbonyl (C=O) groups is 2. The standard InChI is InChI=1S/C36H66O4/c1-3-5-7-9-11-13-15-17-19-21-23-25-27-29-31-36(35(39)40,33-34(37)38)32-30-28-26-24-22-20-18-16-14-12-10-8-6-4-2/h29-32H,3-28,33H2,1-2H3,(H,37,38)(H,39,40). The van der Waals surface area contributed by atoms with E-state index >= 15 is 0 Å². The predicted octanol–water partition coefficient (Wildman–Crippen LogP) is 11.8. The van der Waals surface area contributed by atoms with Gasteiger partial charge in [0.2, 0.25) is 0 Å². The van der Waals surface area contributed by atoms with E-state index in [9.17, 15) is 19.8 Å². The third-order valence-corrected chi connectivity index (χ3v) is 8.12. The van der Waals surface area contributed by atoms with Gasteiger partial charge in [0.1, 0.15) is 5.41 Å². The number of carboxylic acid groups (broad SMARTS) is 2. The molecule has 0 saturated carbocycles. The molecular weight excluding hydrogens is 496 g/mol. The third kappa shape index (κ3) is 24.2. The van der Waals surface area contributed by atoms with Gasteiger partial charge in [0.25, 0.3) is 0 Å². The van der Waals surface area contributed by atoms with Gasteiger partial charge < -0.3 is 10.2 Å². The summed E-state index contributed by atoms with van der Waals surface area (Å²) < 4.78 is 0. The van der Waals surface area contributed by atoms with E-state index in [1.165, 1.54) is 128 Å². The molecule has 0 aliphatic carbocycles. The second kappa shape index (κ2) is 28.9. The molecule has 4 nitrogen and oxygen atoms in total. The molecule has 0 spiro atoms. The molecule has 0 aromatic carbocycles. The number of allylic oxidation sites excluding steroid dienone is 2. The number of rotatable bonds is 31. The van der Waals surface area contributed by atoms with E-state index in [0.29, 0.717) is 0 Å². The van der Waals surface area contributed by atoms with Gasteiger partial charge in [-0.3, -0.25) is 9.59 Å². The maximum absolute atomic E-state index is 12.1. The SMILES string of the molecule is CCCCCCCCCCCCCCC=CC(C=CCCCCCCCCCCCCCC)(CC(=O)O)C(=O)O. The molecule has 2 N–H and O–H groups in total. The number of aliphatic carboxylic acids is 2. The van der Waals surface area contributed by atoms with E-state index in [4.69, 9.17) is 0 Å². The van der Waals surface area contributed by atoms with Crippen LogP contribution in [0.5, 0.6) is 0 Å². The van der Waals surface area contributed by atoms with Gasteiger partial charge in [-0.1, -0.05) is 179 Å². The Bertz CT molecular complexity index is 599. The summed E-state index contributed by atoms with van der Waals surface area (Å²) in [6.07, 6.45) is 39.3. The van der Waals surface area contributed by atoms with E-state index in [0.717, 1.165) is 38.5 Å². The fourth-order valence-electron chi connectivity index (χ4n) is 5.44. The van der Waals surface area contributed by atoms with E-state index in [-0.39, 0.29) is 0 Å². The summed E-state index contributed by atoms with van der Waals surface area (Å²) in [5, 5.41) is 19.3. The Hall–Kier alpha value is -1.58. The van der Waals surface area contributed by atoms with Crippen LogP contribution in [0.1, 0.15) is 187 Å². The molecule has 0 fully saturated rings. The minimum atomic E-state index is -1.44. The number of hydrogen-bond acceptors (Lipinski definition) is 2. The first kappa shape index (κ1) is 38.4. The topological polar surface area (TPSA) is 74.6 Å². The van der Waals surface area contributed by atoms with Crippen LogP contribution in [0.3, 0.4) is 0 Å². The zero-order valence-electron chi connectivity index (χ0n) is 26.6. The quantitative estimate of drug-likeness (QED) is 0.0651. The van der Waals surface area contributed by atoms with Gasteiger partial charge in [0.05, 0.1) is 6.42 Å². The van der Waals surface area contributed by atoms with Crippen LogP contribution in [0.2, 0.25) is 0 Å². The summed E-state index contributed by atoms with van der Waals surface area (Å²) in [4.78, 5) is 23.6. The van der Waals surface area contributed by atoms with Crippen LogP contribution in [0, 0.1) is 5.41 Å². The average Bonchev–Trinajstić information content (AvgIpc) is 2.92. The summed E-state index contributed by atoms with van der Waals surface area (Å²) in [6.45, 7) is 4.51. The Balaban J connectivity index is 4.14. The normalized spacial score (nSPS) is 13.3. The zero-order valence-corrected chi connectivity index (χ0v) is 26.6. The highest BCUT2D eigenvalue weighted by Gasteiger charge is 2.35. The smallest absolute Gasteiger partial charge is 0.318 e. The zero-order chi connectivity index (χ0) is 29.6. The van der Waals surface area contributed by atoms with Gasteiger partial charge in [-0.15, -0.1) is 0 Å². The molecule has 0 aliphatic rings. The number of carboxylic acids is 2. The molecule has 0 rings (SSSR count). The van der Waals surface area contributed by atoms with Crippen molar-refractivity contribution in [1.82, 2.24) is 0 Å². The lowest BCUT2D eigenvalue weighted by molar-refractivity contribution is -0.150. The van der Waals surface area contributed by atoms with Crippen LogP contribution in [0.4, 0.5) is 0 Å². The molecule has 0 amide bonds. The van der Waals surface area contributed by atoms with Crippen LogP contribution in [0.15, 0.2) is 24.3 Å². The maximum Gasteiger partial charge on any atom is 0.318 e. The molecule has 234 valence electrons. The highest BCUT2D eigenvalue weighted by atomic mass is 16.4. The van der Waals surface area contributed by atoms with Gasteiger partial charge in [-0.05, 0) is 25.7 Å². The van der Waals surface area contributed by atoms with Crippen LogP contribution < -0.4 is 0 Å². The molecule has 0 atom stereocenters. The van der Waals surface area contributed by atoms with E-state index in [1.54, 1.807) is 12.2 Å². The summed E-state index contributed by atoms with van der Waals surface area (Å²) in [5.41, 5.74) is -1.44. The average molecular weight is 563 g/mol. The minimum Gasteiger partial charge on any atom is -0.481 e. The predicted molar refractivity (Wildman–Crippen MR) is 172 cm³/mol. The first-order chi connectivity index (χ1) is 19.5. The van der Waals surface area contributed by atoms with Crippen molar-refractivity contribution < 1.29 is 19.8 Å². The number of hydrogen-bond donors (Lipinski definition) is 2. The fourth-order valence-corrected chi connectivity index (χ4v) is 5.44. The lowest BCUT2D eigenvalue weighted by Crippen LogP contribution is -2.29. The molecule has 0 aliphatic heterocycles. The molecule has 0 bridgehead atoms. The van der Waals surface area contributed by atoms with Crippen molar-refractivity contribution in [3.63, 3.8) is 0 Å². The van der Waals surface area contributed by atoms with E-state index in [1.807, 2.05) is 12.2 Å². The lowest BCUT2D eigenvalue weighted by atomic mass is 9.83. The Morgan fingerprint density at radius 3 is 1.00 bits per heavy atom. The summed E-state index contributed by atoms with van der Waals surface area (Å²) >= 11 is 0. The van der Waals surface area contributed by atoms with Gasteiger partial charge in [0.15, 0.2) is 0 Å². The largest absolute Gasteiger partial charge is 0.481 e. The van der Waals surface area contributed by atoms with Crippen molar-refractivity contribution in [3.05, 3.63) is 24.3 Å². The molecule has 0 heterocycles. The Morgan fingerprint density at radius 1 is 0.475 bits per heavy atom. The van der Waals surface area contributed by atoms with Crippen LogP contribution in [-0.2, 0) is 9.59 Å². The second-order valence-electron chi connectivity index (χ2n) is 12.1. The lowest BCUT2D eigenvalue weighted by Gasteiger charge is -2.20. The molecule has 0 aromatic heterocycles. The van der Waals surface area contributed by atoms with Crippen LogP contribution in [0.25, 0.3) is 0 Å². The molecule has 0 radical (unpaired) electrons. The molecule has 40 heavy (non-hydrogen) atoms. The molecule has 4 heteroatoms. The maximum atomic E-state index is 12.1. The number of unbranched alkanes of at least 4 members (excludes halogenated alkanes) is 24. The molecule has 0 saturated heterocycles. The van der Waals surface area contributed by atoms with Crippen molar-refractivity contribution >= 4 is 11.9 Å². The van der Waals surface area contributed by atoms with Crippen LogP contribution >= 0.6 is 0 Å². The van der Waals surface area contributed by atoms with Crippen molar-refractivity contribution in [1.29, 1.82) is 0 Å². The van der Waals surface area contributed by atoms with Crippen molar-refractivity contribution in [2.75, 3.05) is 0 Å². The van der Waals surface area contributed by atoms with Gasteiger partial charge in [0, 0.05) is 0 Å². The molecule has 0 aromatic rings. The minimum absolute atomic E-state index is 0.410. The monoisotopic (exact) mass is 562 g/mol. The Morgan fingerprint density at radius 2 is 0.750 bits per heavy atom. The van der Waals surface area contributed by atoms with Crippen molar-refractivity contribution in [3.8, 4) is 0 Å². The Kier molecular flexibility index (Phi) is 27.8. The van der Waals surface area contributed by atoms with E-state index < -0.39 is 23.8 Å². The van der Waals surface area contributed by atoms with Crippen molar-refractivity contribution in [2.45, 2.75) is 187 Å². The second-order valence-corrected chi connectivity index (χ2v) is 12.1. The fraction of sp³-hybridized carbons (Fsp3) is 0.833. The Labute approximate surface area is 248 Å². The summed E-state index contributed by atoms with van der Waals surface area (Å²) in [6, 6.07) is 0. The van der Waals surface area contributed by atoms with Gasteiger partial charge in [-0.25, -0.2) is 0 Å². The van der Waals surface area contributed by atoms with Crippen molar-refractivity contribution in [2.24, 2.45) is 5.41 Å². The molecular formula is C36H66O4. The van der Waals surface area contributed by atoms with Gasteiger partial charge in [-0.2, -0.15) is 0 Å². The van der Waals surface area contributed by atoms with Gasteiger partial charge >= 0.3 is 11.9 Å². The first-order valence-corrected chi connectivity index (χ1v) is 17.3.